The molecular weight excluding hydrogens is 230 g/mol. The lowest BCUT2D eigenvalue weighted by Gasteiger charge is -2.07. The molecule has 0 amide bonds. The van der Waals surface area contributed by atoms with E-state index < -0.39 is 0 Å². The van der Waals surface area contributed by atoms with Crippen LogP contribution in [0.15, 0.2) is 18.5 Å². The minimum absolute atomic E-state index is 0.309. The number of aryl methyl sites for hydroxylation is 2. The van der Waals surface area contributed by atoms with Crippen molar-refractivity contribution < 1.29 is 4.74 Å². The summed E-state index contributed by atoms with van der Waals surface area (Å²) in [5.74, 6) is 0.513. The minimum Gasteiger partial charge on any atom is -0.404 e. The Balaban J connectivity index is 2.08. The Labute approximate surface area is 106 Å². The van der Waals surface area contributed by atoms with Gasteiger partial charge >= 0.3 is 6.01 Å². The zero-order valence-corrected chi connectivity index (χ0v) is 10.8. The third kappa shape index (κ3) is 3.04. The SMILES string of the molecule is CCNCc1ccc(Oc2ncn(C)n2)nc1C. The summed E-state index contributed by atoms with van der Waals surface area (Å²) in [7, 11) is 1.79. The van der Waals surface area contributed by atoms with E-state index in [4.69, 9.17) is 4.74 Å². The fourth-order valence-electron chi connectivity index (χ4n) is 1.53. The molecule has 0 saturated carbocycles. The van der Waals surface area contributed by atoms with Crippen LogP contribution in [0.4, 0.5) is 0 Å². The van der Waals surface area contributed by atoms with Gasteiger partial charge in [0.05, 0.1) is 0 Å². The Kier molecular flexibility index (Phi) is 3.88. The van der Waals surface area contributed by atoms with Gasteiger partial charge in [-0.05, 0) is 19.0 Å². The van der Waals surface area contributed by atoms with Crippen LogP contribution in [-0.2, 0) is 13.6 Å². The largest absolute Gasteiger partial charge is 0.404 e. The van der Waals surface area contributed by atoms with Crippen molar-refractivity contribution in [3.05, 3.63) is 29.7 Å². The van der Waals surface area contributed by atoms with Crippen molar-refractivity contribution in [1.29, 1.82) is 0 Å². The Bertz CT molecular complexity index is 523. The summed E-state index contributed by atoms with van der Waals surface area (Å²) < 4.78 is 7.05. The maximum Gasteiger partial charge on any atom is 0.342 e. The molecule has 0 aromatic carbocycles. The van der Waals surface area contributed by atoms with E-state index in [9.17, 15) is 0 Å². The van der Waals surface area contributed by atoms with E-state index >= 15 is 0 Å². The van der Waals surface area contributed by atoms with Crippen molar-refractivity contribution in [3.8, 4) is 11.9 Å². The molecule has 0 atom stereocenters. The van der Waals surface area contributed by atoms with Crippen LogP contribution in [0.3, 0.4) is 0 Å². The number of pyridine rings is 1. The highest BCUT2D eigenvalue weighted by Crippen LogP contribution is 2.17. The molecule has 96 valence electrons. The quantitative estimate of drug-likeness (QED) is 0.865. The molecule has 0 aliphatic rings. The van der Waals surface area contributed by atoms with Crippen molar-refractivity contribution in [2.75, 3.05) is 6.54 Å². The smallest absolute Gasteiger partial charge is 0.342 e. The van der Waals surface area contributed by atoms with Gasteiger partial charge in [-0.25, -0.2) is 4.98 Å². The average Bonchev–Trinajstić information content (AvgIpc) is 2.74. The molecule has 0 aliphatic carbocycles. The van der Waals surface area contributed by atoms with E-state index in [-0.39, 0.29) is 0 Å². The van der Waals surface area contributed by atoms with E-state index in [1.165, 1.54) is 0 Å². The molecule has 6 nitrogen and oxygen atoms in total. The van der Waals surface area contributed by atoms with Crippen LogP contribution in [0, 0.1) is 6.92 Å². The van der Waals surface area contributed by atoms with Gasteiger partial charge in [0.25, 0.3) is 0 Å². The first-order valence-corrected chi connectivity index (χ1v) is 5.89. The Morgan fingerprint density at radius 1 is 1.39 bits per heavy atom. The highest BCUT2D eigenvalue weighted by atomic mass is 16.5. The number of ether oxygens (including phenoxy) is 1. The third-order valence-electron chi connectivity index (χ3n) is 2.51. The van der Waals surface area contributed by atoms with Gasteiger partial charge in [0.2, 0.25) is 5.88 Å². The van der Waals surface area contributed by atoms with Gasteiger partial charge in [0.15, 0.2) is 0 Å². The van der Waals surface area contributed by atoms with Crippen LogP contribution in [0.1, 0.15) is 18.2 Å². The number of rotatable bonds is 5. The van der Waals surface area contributed by atoms with Gasteiger partial charge in [-0.3, -0.25) is 4.68 Å². The molecule has 0 spiro atoms. The van der Waals surface area contributed by atoms with Gasteiger partial charge in [-0.15, -0.1) is 5.10 Å². The number of aromatic nitrogens is 4. The second-order valence-corrected chi connectivity index (χ2v) is 3.98. The van der Waals surface area contributed by atoms with Crippen molar-refractivity contribution in [2.45, 2.75) is 20.4 Å². The molecule has 2 aromatic heterocycles. The third-order valence-corrected chi connectivity index (χ3v) is 2.51. The normalized spacial score (nSPS) is 10.6. The zero-order valence-electron chi connectivity index (χ0n) is 10.8. The van der Waals surface area contributed by atoms with Crippen molar-refractivity contribution >= 4 is 0 Å². The Morgan fingerprint density at radius 2 is 2.22 bits per heavy atom. The summed E-state index contributed by atoms with van der Waals surface area (Å²) in [5.41, 5.74) is 2.11. The first-order chi connectivity index (χ1) is 8.69. The Hall–Kier alpha value is -1.95. The molecule has 0 saturated heterocycles. The highest BCUT2D eigenvalue weighted by Gasteiger charge is 2.06. The molecule has 1 N–H and O–H groups in total. The first kappa shape index (κ1) is 12.5. The average molecular weight is 247 g/mol. The molecule has 0 radical (unpaired) electrons. The minimum atomic E-state index is 0.309. The maximum atomic E-state index is 5.46. The van der Waals surface area contributed by atoms with E-state index in [0.717, 1.165) is 24.3 Å². The summed E-state index contributed by atoms with van der Waals surface area (Å²) in [6, 6.07) is 4.14. The van der Waals surface area contributed by atoms with Crippen molar-refractivity contribution in [3.63, 3.8) is 0 Å². The molecule has 0 bridgehead atoms. The Morgan fingerprint density at radius 3 is 2.83 bits per heavy atom. The van der Waals surface area contributed by atoms with Gasteiger partial charge in [-0.2, -0.15) is 4.98 Å². The molecule has 18 heavy (non-hydrogen) atoms. The number of nitrogens with zero attached hydrogens (tertiary/aromatic N) is 4. The predicted molar refractivity (Wildman–Crippen MR) is 67.4 cm³/mol. The van der Waals surface area contributed by atoms with Gasteiger partial charge in [-0.1, -0.05) is 13.0 Å². The lowest BCUT2D eigenvalue weighted by molar-refractivity contribution is 0.421. The summed E-state index contributed by atoms with van der Waals surface area (Å²) >= 11 is 0. The molecule has 2 heterocycles. The zero-order chi connectivity index (χ0) is 13.0. The van der Waals surface area contributed by atoms with E-state index in [1.807, 2.05) is 19.1 Å². The predicted octanol–water partition coefficient (Wildman–Crippen LogP) is 1.42. The molecule has 0 unspecified atom stereocenters. The van der Waals surface area contributed by atoms with Crippen LogP contribution in [0.2, 0.25) is 0 Å². The summed E-state index contributed by atoms with van der Waals surface area (Å²) in [6.45, 7) is 5.80. The second-order valence-electron chi connectivity index (χ2n) is 3.98. The van der Waals surface area contributed by atoms with Gasteiger partial charge < -0.3 is 10.1 Å². The first-order valence-electron chi connectivity index (χ1n) is 5.89. The fraction of sp³-hybridized carbons (Fsp3) is 0.417. The fourth-order valence-corrected chi connectivity index (χ4v) is 1.53. The molecule has 2 rings (SSSR count). The lowest BCUT2D eigenvalue weighted by atomic mass is 10.2. The molecule has 0 aliphatic heterocycles. The van der Waals surface area contributed by atoms with Crippen LogP contribution in [0.25, 0.3) is 0 Å². The maximum absolute atomic E-state index is 5.46. The summed E-state index contributed by atoms with van der Waals surface area (Å²) in [5, 5.41) is 7.31. The number of nitrogens with one attached hydrogen (secondary N) is 1. The highest BCUT2D eigenvalue weighted by molar-refractivity contribution is 5.26. The monoisotopic (exact) mass is 247 g/mol. The van der Waals surface area contributed by atoms with Gasteiger partial charge in [0, 0.05) is 25.4 Å². The van der Waals surface area contributed by atoms with Crippen molar-refractivity contribution in [1.82, 2.24) is 25.1 Å². The number of hydrogen-bond acceptors (Lipinski definition) is 5. The van der Waals surface area contributed by atoms with Crippen LogP contribution < -0.4 is 10.1 Å². The molecular formula is C12H17N5O. The van der Waals surface area contributed by atoms with Crippen LogP contribution in [0.5, 0.6) is 11.9 Å². The lowest BCUT2D eigenvalue weighted by Crippen LogP contribution is -2.13. The molecule has 6 heteroatoms. The van der Waals surface area contributed by atoms with E-state index in [2.05, 4.69) is 27.3 Å². The van der Waals surface area contributed by atoms with Crippen LogP contribution in [-0.4, -0.2) is 26.3 Å². The van der Waals surface area contributed by atoms with Crippen LogP contribution >= 0.6 is 0 Å². The second kappa shape index (κ2) is 5.59. The number of hydrogen-bond donors (Lipinski definition) is 1. The molecule has 0 fully saturated rings. The van der Waals surface area contributed by atoms with Crippen molar-refractivity contribution in [2.24, 2.45) is 7.05 Å². The summed E-state index contributed by atoms with van der Waals surface area (Å²) in [6.07, 6.45) is 1.59. The summed E-state index contributed by atoms with van der Waals surface area (Å²) in [4.78, 5) is 8.37. The standard InChI is InChI=1S/C12H17N5O/c1-4-13-7-10-5-6-11(15-9(10)2)18-12-14-8-17(3)16-12/h5-6,8,13H,4,7H2,1-3H3. The van der Waals surface area contributed by atoms with E-state index in [1.54, 1.807) is 18.1 Å². The molecule has 2 aromatic rings. The van der Waals surface area contributed by atoms with E-state index in [0.29, 0.717) is 11.9 Å². The van der Waals surface area contributed by atoms with Gasteiger partial charge in [0.1, 0.15) is 6.33 Å². The topological polar surface area (TPSA) is 64.9 Å².